The second-order valence-electron chi connectivity index (χ2n) is 12.6. The lowest BCUT2D eigenvalue weighted by molar-refractivity contribution is -0.149. The van der Waals surface area contributed by atoms with Gasteiger partial charge in [0, 0.05) is 44.7 Å². The minimum absolute atomic E-state index is 0.0687. The third-order valence-corrected chi connectivity index (χ3v) is 9.12. The standard InChI is InChI=1S/C31H39FN4O3/c1-21(37)34-29(2,3)20-35(4)27(38)31-14-11-30(12-15-31,13-16-31)24-6-9-26(10-7-24)33-28(39)36-18-22-5-8-25(32)17-23(22)19-36/h5-10,17H,11-16,18-20H2,1-4H3,(H,33,39)(H,34,37). The van der Waals surface area contributed by atoms with Crippen molar-refractivity contribution in [1.82, 2.24) is 15.1 Å². The number of hydrogen-bond acceptors (Lipinski definition) is 3. The molecule has 0 saturated heterocycles. The maximum Gasteiger partial charge on any atom is 0.322 e. The topological polar surface area (TPSA) is 81.8 Å². The summed E-state index contributed by atoms with van der Waals surface area (Å²) in [6, 6.07) is 12.6. The molecule has 3 aliphatic carbocycles. The molecule has 39 heavy (non-hydrogen) atoms. The highest BCUT2D eigenvalue weighted by atomic mass is 19.1. The number of nitrogens with zero attached hydrogens (tertiary/aromatic N) is 2. The van der Waals surface area contributed by atoms with Crippen molar-refractivity contribution < 1.29 is 18.8 Å². The summed E-state index contributed by atoms with van der Waals surface area (Å²) in [5, 5.41) is 5.92. The van der Waals surface area contributed by atoms with Crippen LogP contribution in [0.25, 0.3) is 0 Å². The maximum absolute atomic E-state index is 13.6. The first-order chi connectivity index (χ1) is 18.4. The Morgan fingerprint density at radius 2 is 1.56 bits per heavy atom. The number of amides is 4. The Labute approximate surface area is 230 Å². The molecular weight excluding hydrogens is 495 g/mol. The third kappa shape index (κ3) is 5.38. The van der Waals surface area contributed by atoms with Crippen LogP contribution in [0.5, 0.6) is 0 Å². The van der Waals surface area contributed by atoms with Crippen LogP contribution >= 0.6 is 0 Å². The number of carbonyl (C=O) groups is 3. The molecule has 0 aromatic heterocycles. The molecule has 1 heterocycles. The molecule has 2 aromatic carbocycles. The van der Waals surface area contributed by atoms with E-state index in [1.54, 1.807) is 15.9 Å². The molecule has 0 unspecified atom stereocenters. The molecule has 0 radical (unpaired) electrons. The Hall–Kier alpha value is -3.42. The molecule has 208 valence electrons. The quantitative estimate of drug-likeness (QED) is 0.525. The minimum atomic E-state index is -0.478. The van der Waals surface area contributed by atoms with Gasteiger partial charge in [0.1, 0.15) is 5.82 Å². The number of likely N-dealkylation sites (N-methyl/N-ethyl adjacent to an activating group) is 1. The molecule has 0 spiro atoms. The normalized spacial score (nSPS) is 23.8. The van der Waals surface area contributed by atoms with Crippen molar-refractivity contribution in [3.8, 4) is 0 Å². The smallest absolute Gasteiger partial charge is 0.322 e. The van der Waals surface area contributed by atoms with E-state index in [0.29, 0.717) is 19.6 Å². The average molecular weight is 535 g/mol. The van der Waals surface area contributed by atoms with Gasteiger partial charge in [-0.3, -0.25) is 9.59 Å². The summed E-state index contributed by atoms with van der Waals surface area (Å²) < 4.78 is 13.5. The molecular formula is C31H39FN4O3. The SMILES string of the molecule is CC(=O)NC(C)(C)CN(C)C(=O)C12CCC(c3ccc(NC(=O)N4Cc5ccc(F)cc5C4)cc3)(CC1)CC2. The van der Waals surface area contributed by atoms with Crippen LogP contribution in [0.4, 0.5) is 14.9 Å². The number of halogens is 1. The molecule has 2 bridgehead atoms. The summed E-state index contributed by atoms with van der Waals surface area (Å²) in [4.78, 5) is 41.5. The van der Waals surface area contributed by atoms with Gasteiger partial charge in [-0.2, -0.15) is 0 Å². The number of fused-ring (bicyclic) bond motifs is 4. The predicted molar refractivity (Wildman–Crippen MR) is 148 cm³/mol. The van der Waals surface area contributed by atoms with Gasteiger partial charge in [0.05, 0.1) is 5.54 Å². The van der Waals surface area contributed by atoms with Crippen LogP contribution in [0.15, 0.2) is 42.5 Å². The Kier molecular flexibility index (Phi) is 6.93. The first kappa shape index (κ1) is 27.2. The van der Waals surface area contributed by atoms with Crippen LogP contribution in [0.2, 0.25) is 0 Å². The lowest BCUT2D eigenvalue weighted by Gasteiger charge is -2.54. The summed E-state index contributed by atoms with van der Waals surface area (Å²) in [5.41, 5.74) is 3.12. The fourth-order valence-electron chi connectivity index (χ4n) is 7.14. The number of benzene rings is 2. The van der Waals surface area contributed by atoms with Crippen LogP contribution in [0.3, 0.4) is 0 Å². The summed E-state index contributed by atoms with van der Waals surface area (Å²) in [6.45, 7) is 6.75. The van der Waals surface area contributed by atoms with E-state index in [4.69, 9.17) is 0 Å². The molecule has 6 rings (SSSR count). The number of nitrogens with one attached hydrogen (secondary N) is 2. The second-order valence-corrected chi connectivity index (χ2v) is 12.6. The number of hydrogen-bond donors (Lipinski definition) is 2. The molecule has 2 aromatic rings. The van der Waals surface area contributed by atoms with E-state index >= 15 is 0 Å². The largest absolute Gasteiger partial charge is 0.350 e. The van der Waals surface area contributed by atoms with Crippen molar-refractivity contribution in [2.24, 2.45) is 5.41 Å². The van der Waals surface area contributed by atoms with E-state index < -0.39 is 5.54 Å². The zero-order valence-electron chi connectivity index (χ0n) is 23.4. The molecule has 3 saturated carbocycles. The van der Waals surface area contributed by atoms with E-state index in [9.17, 15) is 18.8 Å². The van der Waals surface area contributed by atoms with E-state index in [-0.39, 0.29) is 34.5 Å². The van der Waals surface area contributed by atoms with E-state index in [2.05, 4.69) is 22.8 Å². The highest BCUT2D eigenvalue weighted by Crippen LogP contribution is 2.58. The molecule has 7 nitrogen and oxygen atoms in total. The van der Waals surface area contributed by atoms with E-state index in [1.165, 1.54) is 24.6 Å². The van der Waals surface area contributed by atoms with Crippen molar-refractivity contribution in [2.45, 2.75) is 83.3 Å². The molecule has 1 aliphatic heterocycles. The fourth-order valence-corrected chi connectivity index (χ4v) is 7.14. The molecule has 2 N–H and O–H groups in total. The van der Waals surface area contributed by atoms with Crippen molar-refractivity contribution in [3.63, 3.8) is 0 Å². The van der Waals surface area contributed by atoms with Gasteiger partial charge in [-0.15, -0.1) is 0 Å². The average Bonchev–Trinajstić information content (AvgIpc) is 3.32. The molecule has 4 amide bonds. The van der Waals surface area contributed by atoms with Crippen molar-refractivity contribution in [2.75, 3.05) is 18.9 Å². The van der Waals surface area contributed by atoms with Gasteiger partial charge in [-0.25, -0.2) is 9.18 Å². The predicted octanol–water partition coefficient (Wildman–Crippen LogP) is 5.34. The Bertz CT molecular complexity index is 1260. The molecule has 0 atom stereocenters. The van der Waals surface area contributed by atoms with Gasteiger partial charge < -0.3 is 20.4 Å². The lowest BCUT2D eigenvalue weighted by atomic mass is 9.51. The van der Waals surface area contributed by atoms with Crippen molar-refractivity contribution in [3.05, 3.63) is 65.0 Å². The Balaban J connectivity index is 1.18. The van der Waals surface area contributed by atoms with Gasteiger partial charge in [-0.05, 0) is 98.7 Å². The summed E-state index contributed by atoms with van der Waals surface area (Å²) in [7, 11) is 1.85. The number of urea groups is 1. The maximum atomic E-state index is 13.6. The second kappa shape index (κ2) is 9.96. The van der Waals surface area contributed by atoms with Crippen LogP contribution in [-0.2, 0) is 28.1 Å². The fraction of sp³-hybridized carbons (Fsp3) is 0.516. The van der Waals surface area contributed by atoms with Crippen LogP contribution < -0.4 is 10.6 Å². The highest BCUT2D eigenvalue weighted by Gasteiger charge is 2.53. The molecule has 4 aliphatic rings. The third-order valence-electron chi connectivity index (χ3n) is 9.12. The summed E-state index contributed by atoms with van der Waals surface area (Å²) in [6.07, 6.45) is 5.50. The Morgan fingerprint density at radius 3 is 2.18 bits per heavy atom. The molecule has 8 heteroatoms. The summed E-state index contributed by atoms with van der Waals surface area (Å²) >= 11 is 0. The van der Waals surface area contributed by atoms with E-state index in [1.807, 2.05) is 33.0 Å². The van der Waals surface area contributed by atoms with Gasteiger partial charge in [0.25, 0.3) is 0 Å². The summed E-state index contributed by atoms with van der Waals surface area (Å²) in [5.74, 6) is -0.182. The van der Waals surface area contributed by atoms with Crippen LogP contribution in [-0.4, -0.2) is 46.8 Å². The Morgan fingerprint density at radius 1 is 0.949 bits per heavy atom. The van der Waals surface area contributed by atoms with Gasteiger partial charge >= 0.3 is 6.03 Å². The first-order valence-electron chi connectivity index (χ1n) is 13.9. The van der Waals surface area contributed by atoms with Gasteiger partial charge in [0.2, 0.25) is 11.8 Å². The number of carbonyl (C=O) groups excluding carboxylic acids is 3. The number of anilines is 1. The number of rotatable bonds is 6. The van der Waals surface area contributed by atoms with Crippen LogP contribution in [0.1, 0.15) is 76.0 Å². The minimum Gasteiger partial charge on any atom is -0.350 e. The highest BCUT2D eigenvalue weighted by molar-refractivity contribution is 5.89. The van der Waals surface area contributed by atoms with Crippen molar-refractivity contribution >= 4 is 23.5 Å². The molecule has 3 fully saturated rings. The zero-order valence-corrected chi connectivity index (χ0v) is 23.4. The lowest BCUT2D eigenvalue weighted by Crippen LogP contribution is -2.56. The van der Waals surface area contributed by atoms with Gasteiger partial charge in [-0.1, -0.05) is 18.2 Å². The zero-order chi connectivity index (χ0) is 28.0. The van der Waals surface area contributed by atoms with E-state index in [0.717, 1.165) is 55.3 Å². The first-order valence-corrected chi connectivity index (χ1v) is 13.9. The van der Waals surface area contributed by atoms with Crippen molar-refractivity contribution in [1.29, 1.82) is 0 Å². The van der Waals surface area contributed by atoms with Gasteiger partial charge in [0.15, 0.2) is 0 Å². The van der Waals surface area contributed by atoms with Crippen LogP contribution in [0, 0.1) is 11.2 Å². The monoisotopic (exact) mass is 534 g/mol.